The summed E-state index contributed by atoms with van der Waals surface area (Å²) in [6, 6.07) is 4.23. The van der Waals surface area contributed by atoms with E-state index in [1.54, 1.807) is 4.90 Å². The van der Waals surface area contributed by atoms with E-state index in [9.17, 15) is 23.3 Å². The first kappa shape index (κ1) is 22.8. The highest BCUT2D eigenvalue weighted by Crippen LogP contribution is 2.33. The van der Waals surface area contributed by atoms with Gasteiger partial charge in [-0.05, 0) is 43.7 Å². The molecule has 1 aromatic carbocycles. The van der Waals surface area contributed by atoms with Crippen molar-refractivity contribution < 1.29 is 18.1 Å². The lowest BCUT2D eigenvalue weighted by Crippen LogP contribution is -2.52. The first-order valence-corrected chi connectivity index (χ1v) is 12.8. The summed E-state index contributed by atoms with van der Waals surface area (Å²) >= 11 is 0. The van der Waals surface area contributed by atoms with Crippen molar-refractivity contribution in [2.75, 3.05) is 57.3 Å². The van der Waals surface area contributed by atoms with E-state index >= 15 is 0 Å². The third-order valence-corrected chi connectivity index (χ3v) is 8.53. The van der Waals surface area contributed by atoms with Crippen molar-refractivity contribution in [1.82, 2.24) is 14.1 Å². The number of urea groups is 1. The molecule has 0 aromatic heterocycles. The molecule has 4 rings (SSSR count). The van der Waals surface area contributed by atoms with Crippen molar-refractivity contribution in [1.29, 1.82) is 0 Å². The van der Waals surface area contributed by atoms with Crippen LogP contribution in [0.2, 0.25) is 0 Å². The lowest BCUT2D eigenvalue weighted by molar-refractivity contribution is -0.384. The molecule has 0 N–H and O–H groups in total. The van der Waals surface area contributed by atoms with Crippen LogP contribution in [0.4, 0.5) is 16.2 Å². The molecule has 3 heterocycles. The van der Waals surface area contributed by atoms with E-state index in [0.717, 1.165) is 38.8 Å². The fourth-order valence-electron chi connectivity index (χ4n) is 4.84. The number of hydrogen-bond donors (Lipinski definition) is 0. The molecule has 2 amide bonds. The highest BCUT2D eigenvalue weighted by atomic mass is 32.2. The molecule has 1 aromatic rings. The van der Waals surface area contributed by atoms with E-state index in [4.69, 9.17) is 0 Å². The number of benzene rings is 1. The highest BCUT2D eigenvalue weighted by molar-refractivity contribution is 7.89. The largest absolute Gasteiger partial charge is 0.362 e. The summed E-state index contributed by atoms with van der Waals surface area (Å²) in [5.74, 6) is 0.271. The predicted octanol–water partition coefficient (Wildman–Crippen LogP) is 2.35. The van der Waals surface area contributed by atoms with Crippen LogP contribution < -0.4 is 4.90 Å². The number of piperazine rings is 1. The minimum Gasteiger partial charge on any atom is -0.362 e. The van der Waals surface area contributed by atoms with Crippen LogP contribution in [0, 0.1) is 16.0 Å². The van der Waals surface area contributed by atoms with Crippen molar-refractivity contribution in [3.8, 4) is 0 Å². The van der Waals surface area contributed by atoms with E-state index in [-0.39, 0.29) is 22.5 Å². The van der Waals surface area contributed by atoms with Gasteiger partial charge >= 0.3 is 6.03 Å². The average molecular weight is 466 g/mol. The van der Waals surface area contributed by atoms with E-state index < -0.39 is 14.9 Å². The number of amides is 2. The summed E-state index contributed by atoms with van der Waals surface area (Å²) in [5, 5.41) is 11.8. The number of carbonyl (C=O) groups is 1. The lowest BCUT2D eigenvalue weighted by Gasteiger charge is -2.37. The van der Waals surface area contributed by atoms with Gasteiger partial charge < -0.3 is 14.7 Å². The summed E-state index contributed by atoms with van der Waals surface area (Å²) in [4.78, 5) is 29.4. The predicted molar refractivity (Wildman–Crippen MR) is 120 cm³/mol. The lowest BCUT2D eigenvalue weighted by atomic mass is 10.0. The minimum atomic E-state index is -3.78. The van der Waals surface area contributed by atoms with Crippen molar-refractivity contribution in [2.45, 2.75) is 37.5 Å². The number of nitro groups is 1. The van der Waals surface area contributed by atoms with Crippen LogP contribution in [-0.2, 0) is 10.0 Å². The average Bonchev–Trinajstić information content (AvgIpc) is 3.33. The Morgan fingerprint density at radius 2 is 1.66 bits per heavy atom. The first-order chi connectivity index (χ1) is 15.3. The Kier molecular flexibility index (Phi) is 6.57. The van der Waals surface area contributed by atoms with Crippen LogP contribution in [0.5, 0.6) is 0 Å². The molecule has 3 aliphatic rings. The third kappa shape index (κ3) is 4.54. The summed E-state index contributed by atoms with van der Waals surface area (Å²) in [6.45, 7) is 6.37. The molecule has 176 valence electrons. The molecule has 0 unspecified atom stereocenters. The molecule has 0 bridgehead atoms. The van der Waals surface area contributed by atoms with Gasteiger partial charge in [0.25, 0.3) is 5.69 Å². The van der Waals surface area contributed by atoms with Crippen LogP contribution >= 0.6 is 0 Å². The Balaban J connectivity index is 1.50. The van der Waals surface area contributed by atoms with Crippen LogP contribution in [0.3, 0.4) is 0 Å². The number of anilines is 1. The molecular formula is C21H31N5O5S. The molecule has 0 radical (unpaired) electrons. The third-order valence-electron chi connectivity index (χ3n) is 6.67. The number of nitrogens with zero attached hydrogens (tertiary/aromatic N) is 5. The van der Waals surface area contributed by atoms with E-state index in [1.165, 1.54) is 22.5 Å². The minimum absolute atomic E-state index is 0.0360. The molecule has 3 aliphatic heterocycles. The number of nitro benzene ring substituents is 1. The molecule has 0 spiro atoms. The van der Waals surface area contributed by atoms with Gasteiger partial charge in [-0.2, -0.15) is 4.31 Å². The number of hydrogen-bond acceptors (Lipinski definition) is 6. The molecular weight excluding hydrogens is 434 g/mol. The molecule has 0 aliphatic carbocycles. The fourth-order valence-corrected chi connectivity index (χ4v) is 6.46. The van der Waals surface area contributed by atoms with Crippen molar-refractivity contribution in [3.05, 3.63) is 28.3 Å². The molecule has 10 nitrogen and oxygen atoms in total. The SMILES string of the molecule is C[C@H]1CCCN(S(=O)(=O)c2ccc(N3CCN(C(=O)N4CCCC4)CC3)c([N+](=O)[O-])c2)C1. The zero-order valence-corrected chi connectivity index (χ0v) is 19.3. The number of rotatable bonds is 4. The van der Waals surface area contributed by atoms with Crippen molar-refractivity contribution in [2.24, 2.45) is 5.92 Å². The zero-order valence-electron chi connectivity index (χ0n) is 18.5. The topological polar surface area (TPSA) is 107 Å². The Labute approximate surface area is 189 Å². The zero-order chi connectivity index (χ0) is 22.9. The summed E-state index contributed by atoms with van der Waals surface area (Å²) in [6.07, 6.45) is 3.84. The van der Waals surface area contributed by atoms with Gasteiger partial charge in [0.2, 0.25) is 10.0 Å². The van der Waals surface area contributed by atoms with Crippen LogP contribution in [0.15, 0.2) is 23.1 Å². The normalized spacial score (nSPS) is 22.9. The quantitative estimate of drug-likeness (QED) is 0.499. The van der Waals surface area contributed by atoms with Gasteiger partial charge in [0.05, 0.1) is 9.82 Å². The molecule has 1 atom stereocenters. The standard InChI is InChI=1S/C21H31N5O5S/c1-17-5-4-10-25(16-17)32(30,31)18-6-7-19(20(15-18)26(28)29)22-11-13-24(14-12-22)21(27)23-8-2-3-9-23/h6-7,15,17H,2-5,8-14,16H2,1H3/t17-/m0/s1. The monoisotopic (exact) mass is 465 g/mol. The van der Waals surface area contributed by atoms with Crippen LogP contribution in [0.1, 0.15) is 32.6 Å². The van der Waals surface area contributed by atoms with E-state index in [2.05, 4.69) is 0 Å². The summed E-state index contributed by atoms with van der Waals surface area (Å²) < 4.78 is 27.6. The molecule has 3 saturated heterocycles. The number of piperidine rings is 1. The van der Waals surface area contributed by atoms with Crippen molar-refractivity contribution in [3.63, 3.8) is 0 Å². The number of likely N-dealkylation sites (tertiary alicyclic amines) is 1. The smallest absolute Gasteiger partial charge is 0.320 e. The maximum Gasteiger partial charge on any atom is 0.320 e. The van der Waals surface area contributed by atoms with E-state index in [1.807, 2.05) is 16.7 Å². The van der Waals surface area contributed by atoms with Gasteiger partial charge in [-0.15, -0.1) is 0 Å². The Morgan fingerprint density at radius 3 is 2.28 bits per heavy atom. The second-order valence-corrected chi connectivity index (χ2v) is 10.9. The Morgan fingerprint density at radius 1 is 1.00 bits per heavy atom. The van der Waals surface area contributed by atoms with Gasteiger partial charge in [-0.3, -0.25) is 10.1 Å². The van der Waals surface area contributed by atoms with Gasteiger partial charge in [0, 0.05) is 58.4 Å². The molecule has 32 heavy (non-hydrogen) atoms. The molecule has 3 fully saturated rings. The fraction of sp³-hybridized carbons (Fsp3) is 0.667. The Hall–Kier alpha value is -2.40. The van der Waals surface area contributed by atoms with Crippen LogP contribution in [0.25, 0.3) is 0 Å². The van der Waals surface area contributed by atoms with Crippen molar-refractivity contribution >= 4 is 27.4 Å². The number of sulfonamides is 1. The second kappa shape index (κ2) is 9.22. The van der Waals surface area contributed by atoms with Gasteiger partial charge in [0.1, 0.15) is 5.69 Å². The van der Waals surface area contributed by atoms with Gasteiger partial charge in [-0.25, -0.2) is 13.2 Å². The second-order valence-electron chi connectivity index (χ2n) is 8.97. The Bertz CT molecular complexity index is 971. The van der Waals surface area contributed by atoms with Crippen LogP contribution in [-0.4, -0.2) is 85.8 Å². The highest BCUT2D eigenvalue weighted by Gasteiger charge is 2.33. The van der Waals surface area contributed by atoms with E-state index in [0.29, 0.717) is 45.0 Å². The van der Waals surface area contributed by atoms with Gasteiger partial charge in [0.15, 0.2) is 0 Å². The molecule has 11 heteroatoms. The number of carbonyl (C=O) groups excluding carboxylic acids is 1. The molecule has 0 saturated carbocycles. The first-order valence-electron chi connectivity index (χ1n) is 11.3. The summed E-state index contributed by atoms with van der Waals surface area (Å²) in [7, 11) is -3.78. The van der Waals surface area contributed by atoms with Gasteiger partial charge in [-0.1, -0.05) is 6.92 Å². The maximum absolute atomic E-state index is 13.1. The summed E-state index contributed by atoms with van der Waals surface area (Å²) in [5.41, 5.74) is 0.185. The maximum atomic E-state index is 13.1.